The van der Waals surface area contributed by atoms with Crippen molar-refractivity contribution in [1.29, 1.82) is 0 Å². The van der Waals surface area contributed by atoms with Gasteiger partial charge in [-0.15, -0.1) is 4.91 Å². The number of halogens is 7. The molecule has 1 aliphatic rings. The van der Waals surface area contributed by atoms with Crippen molar-refractivity contribution >= 4 is 0 Å². The van der Waals surface area contributed by atoms with Crippen molar-refractivity contribution < 1.29 is 40.2 Å². The SMILES string of the molecule is C[C@@H](O[C@H]1OCCN(N=O)C1c1ccc(F)cc1)c1cc(C(F)(F)F)cc(C(F)(F)F)c1. The van der Waals surface area contributed by atoms with E-state index in [-0.39, 0.29) is 24.8 Å². The van der Waals surface area contributed by atoms with E-state index in [1.54, 1.807) is 0 Å². The lowest BCUT2D eigenvalue weighted by atomic mass is 10.0. The molecule has 0 bridgehead atoms. The zero-order valence-corrected chi connectivity index (χ0v) is 16.5. The molecule has 1 saturated heterocycles. The van der Waals surface area contributed by atoms with Gasteiger partial charge in [-0.3, -0.25) is 0 Å². The van der Waals surface area contributed by atoms with Crippen molar-refractivity contribution in [3.05, 3.63) is 75.4 Å². The van der Waals surface area contributed by atoms with Crippen LogP contribution in [0.2, 0.25) is 0 Å². The van der Waals surface area contributed by atoms with E-state index in [1.807, 2.05) is 0 Å². The summed E-state index contributed by atoms with van der Waals surface area (Å²) in [7, 11) is 0. The second kappa shape index (κ2) is 9.02. The fraction of sp³-hybridized carbons (Fsp3) is 0.400. The summed E-state index contributed by atoms with van der Waals surface area (Å²) in [5, 5.41) is 3.94. The van der Waals surface area contributed by atoms with Gasteiger partial charge in [-0.25, -0.2) is 9.40 Å². The minimum Gasteiger partial charge on any atom is -0.348 e. The minimum atomic E-state index is -5.01. The van der Waals surface area contributed by atoms with Gasteiger partial charge in [0.05, 0.1) is 35.7 Å². The predicted molar refractivity (Wildman–Crippen MR) is 97.3 cm³/mol. The first kappa shape index (κ1) is 23.9. The predicted octanol–water partition coefficient (Wildman–Crippen LogP) is 6.02. The van der Waals surface area contributed by atoms with Gasteiger partial charge in [-0.2, -0.15) is 26.3 Å². The monoisotopic (exact) mass is 466 g/mol. The largest absolute Gasteiger partial charge is 0.416 e. The van der Waals surface area contributed by atoms with E-state index < -0.39 is 47.7 Å². The van der Waals surface area contributed by atoms with Gasteiger partial charge in [0.25, 0.3) is 0 Å². The Morgan fingerprint density at radius 1 is 1.03 bits per heavy atom. The molecule has 0 spiro atoms. The Balaban J connectivity index is 1.94. The van der Waals surface area contributed by atoms with Crippen LogP contribution >= 0.6 is 0 Å². The van der Waals surface area contributed by atoms with Crippen LogP contribution in [0.25, 0.3) is 0 Å². The summed E-state index contributed by atoms with van der Waals surface area (Å²) >= 11 is 0. The standard InChI is InChI=1S/C20H17F7N2O3/c1-11(13-8-14(19(22,23)24)10-15(9-13)20(25,26)27)32-18-17(29(28-30)6-7-31-18)12-2-4-16(21)5-3-12/h2-5,8-11,17-18H,6-7H2,1H3/t11-,17?,18-/m1/s1. The number of rotatable bonds is 5. The smallest absolute Gasteiger partial charge is 0.348 e. The van der Waals surface area contributed by atoms with Crippen molar-refractivity contribution in [2.45, 2.75) is 37.7 Å². The van der Waals surface area contributed by atoms with Crippen LogP contribution < -0.4 is 0 Å². The van der Waals surface area contributed by atoms with Gasteiger partial charge in [0.15, 0.2) is 6.29 Å². The van der Waals surface area contributed by atoms with Crippen molar-refractivity contribution in [2.75, 3.05) is 13.2 Å². The second-order valence-corrected chi connectivity index (χ2v) is 7.10. The molecule has 0 radical (unpaired) electrons. The van der Waals surface area contributed by atoms with E-state index in [4.69, 9.17) is 9.47 Å². The number of ether oxygens (including phenoxy) is 2. The highest BCUT2D eigenvalue weighted by Crippen LogP contribution is 2.39. The maximum absolute atomic E-state index is 13.3. The van der Waals surface area contributed by atoms with Gasteiger partial charge < -0.3 is 9.47 Å². The zero-order chi connectivity index (χ0) is 23.7. The average molecular weight is 466 g/mol. The fourth-order valence-corrected chi connectivity index (χ4v) is 3.32. The Hall–Kier alpha value is -2.73. The Bertz CT molecular complexity index is 915. The van der Waals surface area contributed by atoms with Gasteiger partial charge in [-0.05, 0) is 48.4 Å². The molecule has 0 aliphatic carbocycles. The first-order chi connectivity index (χ1) is 14.9. The number of nitrogens with zero attached hydrogens (tertiary/aromatic N) is 2. The molecule has 1 aliphatic heterocycles. The van der Waals surface area contributed by atoms with Crippen LogP contribution in [0, 0.1) is 10.7 Å². The van der Waals surface area contributed by atoms with Gasteiger partial charge in [0.1, 0.15) is 11.9 Å². The Kier molecular flexibility index (Phi) is 6.75. The topological polar surface area (TPSA) is 51.1 Å². The normalized spacial score (nSPS) is 20.8. The third kappa shape index (κ3) is 5.36. The van der Waals surface area contributed by atoms with Crippen LogP contribution in [0.1, 0.15) is 41.3 Å². The third-order valence-electron chi connectivity index (χ3n) is 4.92. The lowest BCUT2D eigenvalue weighted by Crippen LogP contribution is -2.44. The molecule has 32 heavy (non-hydrogen) atoms. The Morgan fingerprint density at radius 2 is 1.59 bits per heavy atom. The fourth-order valence-electron chi connectivity index (χ4n) is 3.32. The molecule has 3 rings (SSSR count). The third-order valence-corrected chi connectivity index (χ3v) is 4.92. The summed E-state index contributed by atoms with van der Waals surface area (Å²) in [5.41, 5.74) is -2.98. The lowest BCUT2D eigenvalue weighted by Gasteiger charge is -2.38. The molecule has 12 heteroatoms. The van der Waals surface area contributed by atoms with Crippen LogP contribution in [0.5, 0.6) is 0 Å². The van der Waals surface area contributed by atoms with Crippen molar-refractivity contribution in [3.63, 3.8) is 0 Å². The lowest BCUT2D eigenvalue weighted by molar-refractivity contribution is -0.230. The minimum absolute atomic E-state index is 0.0205. The van der Waals surface area contributed by atoms with E-state index in [0.717, 1.165) is 17.1 Å². The highest BCUT2D eigenvalue weighted by atomic mass is 19.4. The number of hydrogen-bond donors (Lipinski definition) is 0. The average Bonchev–Trinajstić information content (AvgIpc) is 2.72. The molecule has 1 heterocycles. The quantitative estimate of drug-likeness (QED) is 0.399. The summed E-state index contributed by atoms with van der Waals surface area (Å²) in [4.78, 5) is 11.3. The van der Waals surface area contributed by atoms with E-state index in [0.29, 0.717) is 17.7 Å². The molecule has 1 fully saturated rings. The summed E-state index contributed by atoms with van der Waals surface area (Å²) in [6.45, 7) is 1.28. The maximum atomic E-state index is 13.3. The van der Waals surface area contributed by atoms with E-state index in [1.165, 1.54) is 19.1 Å². The molecule has 2 aromatic rings. The molecule has 1 unspecified atom stereocenters. The molecule has 174 valence electrons. The molecule has 2 aromatic carbocycles. The Labute approximate surface area is 177 Å². The van der Waals surface area contributed by atoms with Gasteiger partial charge in [0, 0.05) is 0 Å². The van der Waals surface area contributed by atoms with Crippen molar-refractivity contribution in [2.24, 2.45) is 5.29 Å². The number of hydrogen-bond acceptors (Lipinski definition) is 4. The molecule has 0 aromatic heterocycles. The highest BCUT2D eigenvalue weighted by molar-refractivity contribution is 5.34. The summed E-state index contributed by atoms with van der Waals surface area (Å²) in [6.07, 6.45) is -12.6. The number of morpholine rings is 1. The number of alkyl halides is 6. The van der Waals surface area contributed by atoms with Crippen LogP contribution in [0.15, 0.2) is 47.8 Å². The summed E-state index contributed by atoms with van der Waals surface area (Å²) < 4.78 is 103. The number of nitroso groups, excluding NO2 is 1. The molecule has 5 nitrogen and oxygen atoms in total. The molecule has 0 saturated carbocycles. The van der Waals surface area contributed by atoms with Crippen molar-refractivity contribution in [3.8, 4) is 0 Å². The molecule has 0 N–H and O–H groups in total. The molecule has 3 atom stereocenters. The van der Waals surface area contributed by atoms with E-state index >= 15 is 0 Å². The van der Waals surface area contributed by atoms with Gasteiger partial charge in [0.2, 0.25) is 0 Å². The van der Waals surface area contributed by atoms with Gasteiger partial charge in [-0.1, -0.05) is 12.1 Å². The highest BCUT2D eigenvalue weighted by Gasteiger charge is 2.39. The van der Waals surface area contributed by atoms with E-state index in [9.17, 15) is 35.6 Å². The summed E-state index contributed by atoms with van der Waals surface area (Å²) in [5.74, 6) is -0.550. The van der Waals surface area contributed by atoms with Crippen LogP contribution in [0.3, 0.4) is 0 Å². The zero-order valence-electron chi connectivity index (χ0n) is 16.5. The summed E-state index contributed by atoms with van der Waals surface area (Å²) in [6, 6.07) is 5.09. The first-order valence-electron chi connectivity index (χ1n) is 9.32. The second-order valence-electron chi connectivity index (χ2n) is 7.10. The molecular weight excluding hydrogens is 449 g/mol. The van der Waals surface area contributed by atoms with E-state index in [2.05, 4.69) is 5.29 Å². The maximum Gasteiger partial charge on any atom is 0.416 e. The molecule has 0 amide bonds. The van der Waals surface area contributed by atoms with Crippen LogP contribution in [0.4, 0.5) is 30.7 Å². The Morgan fingerprint density at radius 3 is 2.09 bits per heavy atom. The van der Waals surface area contributed by atoms with Crippen molar-refractivity contribution in [1.82, 2.24) is 5.01 Å². The number of benzene rings is 2. The first-order valence-corrected chi connectivity index (χ1v) is 9.32. The molecular formula is C20H17F7N2O3. The van der Waals surface area contributed by atoms with Crippen LogP contribution in [-0.2, 0) is 21.8 Å². The van der Waals surface area contributed by atoms with Gasteiger partial charge >= 0.3 is 12.4 Å². The van der Waals surface area contributed by atoms with Crippen LogP contribution in [-0.4, -0.2) is 24.5 Å².